The van der Waals surface area contributed by atoms with Gasteiger partial charge in [-0.2, -0.15) is 0 Å². The lowest BCUT2D eigenvalue weighted by molar-refractivity contribution is 0.552. The van der Waals surface area contributed by atoms with Crippen molar-refractivity contribution in [3.05, 3.63) is 72.3 Å². The van der Waals surface area contributed by atoms with Crippen molar-refractivity contribution in [2.45, 2.75) is 18.9 Å². The number of aromatic nitrogens is 2. The molecule has 0 spiro atoms. The van der Waals surface area contributed by atoms with E-state index in [1.54, 1.807) is 0 Å². The molecule has 0 aliphatic carbocycles. The van der Waals surface area contributed by atoms with E-state index < -0.39 is 0 Å². The highest BCUT2D eigenvalue weighted by Gasteiger charge is 2.12. The summed E-state index contributed by atoms with van der Waals surface area (Å²) in [5.74, 6) is 0. The minimum atomic E-state index is 0.318. The number of rotatable bonds is 5. The number of pyridine rings is 2. The van der Waals surface area contributed by atoms with Crippen molar-refractivity contribution >= 4 is 10.8 Å². The van der Waals surface area contributed by atoms with Gasteiger partial charge in [0.2, 0.25) is 0 Å². The molecule has 3 rings (SSSR count). The highest BCUT2D eigenvalue weighted by atomic mass is 14.9. The Balaban J connectivity index is 1.85. The fourth-order valence-corrected chi connectivity index (χ4v) is 2.75. The average Bonchev–Trinajstić information content (AvgIpc) is 2.56. The Bertz CT molecular complexity index is 704. The topological polar surface area (TPSA) is 37.8 Å². The maximum absolute atomic E-state index is 4.27. The first-order chi connectivity index (χ1) is 10.4. The van der Waals surface area contributed by atoms with Crippen LogP contribution in [0.5, 0.6) is 0 Å². The molecule has 3 aromatic rings. The molecule has 3 heteroatoms. The Morgan fingerprint density at radius 1 is 1.00 bits per heavy atom. The van der Waals surface area contributed by atoms with Gasteiger partial charge in [-0.1, -0.05) is 24.3 Å². The Morgan fingerprint density at radius 3 is 2.71 bits per heavy atom. The van der Waals surface area contributed by atoms with Gasteiger partial charge in [0.05, 0.1) is 0 Å². The summed E-state index contributed by atoms with van der Waals surface area (Å²) < 4.78 is 0. The zero-order chi connectivity index (χ0) is 14.5. The van der Waals surface area contributed by atoms with Crippen LogP contribution in [-0.2, 0) is 6.42 Å². The Morgan fingerprint density at radius 2 is 1.90 bits per heavy atom. The van der Waals surface area contributed by atoms with Gasteiger partial charge in [0, 0.05) is 36.2 Å². The van der Waals surface area contributed by atoms with Gasteiger partial charge in [-0.25, -0.2) is 0 Å². The van der Waals surface area contributed by atoms with Crippen LogP contribution in [0.4, 0.5) is 0 Å². The van der Waals surface area contributed by atoms with Crippen molar-refractivity contribution in [1.82, 2.24) is 15.3 Å². The van der Waals surface area contributed by atoms with Gasteiger partial charge in [-0.15, -0.1) is 0 Å². The summed E-state index contributed by atoms with van der Waals surface area (Å²) in [5.41, 5.74) is 2.59. The Hall–Kier alpha value is -2.26. The van der Waals surface area contributed by atoms with Crippen molar-refractivity contribution in [3.63, 3.8) is 0 Å². The zero-order valence-corrected chi connectivity index (χ0v) is 12.2. The maximum Gasteiger partial charge on any atom is 0.0349 e. The van der Waals surface area contributed by atoms with Crippen LogP contribution in [0.25, 0.3) is 10.8 Å². The van der Waals surface area contributed by atoms with E-state index in [1.807, 2.05) is 37.9 Å². The second-order valence-corrected chi connectivity index (χ2v) is 5.19. The summed E-state index contributed by atoms with van der Waals surface area (Å²) in [4.78, 5) is 8.45. The normalized spacial score (nSPS) is 12.4. The summed E-state index contributed by atoms with van der Waals surface area (Å²) >= 11 is 0. The number of nitrogens with one attached hydrogen (secondary N) is 1. The number of benzene rings is 1. The minimum Gasteiger partial charge on any atom is -0.313 e. The van der Waals surface area contributed by atoms with Gasteiger partial charge in [-0.05, 0) is 48.5 Å². The fourth-order valence-electron chi connectivity index (χ4n) is 2.75. The van der Waals surface area contributed by atoms with Crippen molar-refractivity contribution in [2.24, 2.45) is 0 Å². The van der Waals surface area contributed by atoms with Crippen LogP contribution in [0.15, 0.2) is 61.2 Å². The predicted octanol–water partition coefficient (Wildman–Crippen LogP) is 3.52. The van der Waals surface area contributed by atoms with E-state index in [0.717, 1.165) is 12.8 Å². The molecular weight excluding hydrogens is 258 g/mol. The van der Waals surface area contributed by atoms with Crippen LogP contribution in [-0.4, -0.2) is 17.0 Å². The molecule has 0 aliphatic rings. The SMILES string of the molecule is CNC(CCc1cccnc1)c1cccc2ccncc12. The third kappa shape index (κ3) is 3.09. The third-order valence-electron chi connectivity index (χ3n) is 3.89. The van der Waals surface area contributed by atoms with E-state index in [0.29, 0.717) is 6.04 Å². The van der Waals surface area contributed by atoms with E-state index >= 15 is 0 Å². The molecule has 106 valence electrons. The Labute approximate surface area is 125 Å². The summed E-state index contributed by atoms with van der Waals surface area (Å²) in [7, 11) is 2.02. The molecule has 0 fully saturated rings. The summed E-state index contributed by atoms with van der Waals surface area (Å²) in [6.45, 7) is 0. The quantitative estimate of drug-likeness (QED) is 0.775. The molecule has 0 amide bonds. The molecule has 21 heavy (non-hydrogen) atoms. The van der Waals surface area contributed by atoms with Crippen molar-refractivity contribution in [2.75, 3.05) is 7.05 Å². The van der Waals surface area contributed by atoms with Crippen molar-refractivity contribution < 1.29 is 0 Å². The van der Waals surface area contributed by atoms with Crippen LogP contribution in [0.2, 0.25) is 0 Å². The molecule has 0 radical (unpaired) electrons. The van der Waals surface area contributed by atoms with E-state index in [-0.39, 0.29) is 0 Å². The predicted molar refractivity (Wildman–Crippen MR) is 86.1 cm³/mol. The molecule has 1 aromatic carbocycles. The van der Waals surface area contributed by atoms with E-state index in [1.165, 1.54) is 21.9 Å². The second-order valence-electron chi connectivity index (χ2n) is 5.19. The van der Waals surface area contributed by atoms with E-state index in [2.05, 4.69) is 45.6 Å². The molecule has 2 heterocycles. The molecule has 1 N–H and O–H groups in total. The number of nitrogens with zero attached hydrogens (tertiary/aromatic N) is 2. The highest BCUT2D eigenvalue weighted by Crippen LogP contribution is 2.26. The first-order valence-electron chi connectivity index (χ1n) is 7.27. The van der Waals surface area contributed by atoms with Gasteiger partial charge >= 0.3 is 0 Å². The first-order valence-corrected chi connectivity index (χ1v) is 7.27. The zero-order valence-electron chi connectivity index (χ0n) is 12.2. The maximum atomic E-state index is 4.27. The molecule has 0 saturated heterocycles. The monoisotopic (exact) mass is 277 g/mol. The van der Waals surface area contributed by atoms with Crippen LogP contribution in [0.1, 0.15) is 23.6 Å². The first kappa shape index (κ1) is 13.7. The molecule has 1 unspecified atom stereocenters. The van der Waals surface area contributed by atoms with Crippen molar-refractivity contribution in [3.8, 4) is 0 Å². The average molecular weight is 277 g/mol. The van der Waals surface area contributed by atoms with Gasteiger partial charge in [-0.3, -0.25) is 9.97 Å². The molecule has 0 bridgehead atoms. The minimum absolute atomic E-state index is 0.318. The van der Waals surface area contributed by atoms with E-state index in [9.17, 15) is 0 Å². The smallest absolute Gasteiger partial charge is 0.0349 e. The lowest BCUT2D eigenvalue weighted by Crippen LogP contribution is -2.17. The molecule has 2 aromatic heterocycles. The van der Waals surface area contributed by atoms with E-state index in [4.69, 9.17) is 0 Å². The summed E-state index contributed by atoms with van der Waals surface area (Å²) in [6.07, 6.45) is 9.61. The molecule has 0 saturated carbocycles. The summed E-state index contributed by atoms with van der Waals surface area (Å²) in [5, 5.41) is 5.90. The van der Waals surface area contributed by atoms with Crippen LogP contribution in [0.3, 0.4) is 0 Å². The number of hydrogen-bond donors (Lipinski definition) is 1. The molecular formula is C18H19N3. The van der Waals surface area contributed by atoms with Gasteiger partial charge in [0.1, 0.15) is 0 Å². The van der Waals surface area contributed by atoms with Crippen LogP contribution < -0.4 is 5.32 Å². The highest BCUT2D eigenvalue weighted by molar-refractivity contribution is 5.85. The lowest BCUT2D eigenvalue weighted by atomic mass is 9.96. The van der Waals surface area contributed by atoms with Gasteiger partial charge in [0.15, 0.2) is 0 Å². The second kappa shape index (κ2) is 6.46. The largest absolute Gasteiger partial charge is 0.313 e. The molecule has 3 nitrogen and oxygen atoms in total. The van der Waals surface area contributed by atoms with Gasteiger partial charge < -0.3 is 5.32 Å². The molecule has 1 atom stereocenters. The third-order valence-corrected chi connectivity index (χ3v) is 3.89. The van der Waals surface area contributed by atoms with Crippen LogP contribution >= 0.6 is 0 Å². The van der Waals surface area contributed by atoms with Crippen LogP contribution in [0, 0.1) is 0 Å². The Kier molecular flexibility index (Phi) is 4.22. The lowest BCUT2D eigenvalue weighted by Gasteiger charge is -2.18. The fraction of sp³-hybridized carbons (Fsp3) is 0.222. The number of fused-ring (bicyclic) bond motifs is 1. The standard InChI is InChI=1S/C18H19N3/c1-19-18(8-7-14-4-3-10-20-12-14)16-6-2-5-15-9-11-21-13-17(15)16/h2-6,9-13,18-19H,7-8H2,1H3. The van der Waals surface area contributed by atoms with Crippen molar-refractivity contribution in [1.29, 1.82) is 0 Å². The number of aryl methyl sites for hydroxylation is 1. The van der Waals surface area contributed by atoms with Gasteiger partial charge in [0.25, 0.3) is 0 Å². The summed E-state index contributed by atoms with van der Waals surface area (Å²) in [6, 6.07) is 12.9. The molecule has 0 aliphatic heterocycles. The number of hydrogen-bond acceptors (Lipinski definition) is 3.